The summed E-state index contributed by atoms with van der Waals surface area (Å²) < 4.78 is 42.4. The third kappa shape index (κ3) is 3.03. The molecule has 1 fully saturated rings. The number of alkyl halides is 2. The summed E-state index contributed by atoms with van der Waals surface area (Å²) in [5.74, 6) is -6.20. The van der Waals surface area contributed by atoms with E-state index in [9.17, 15) is 24.0 Å². The van der Waals surface area contributed by atoms with Crippen molar-refractivity contribution in [3.63, 3.8) is 0 Å². The van der Waals surface area contributed by atoms with Gasteiger partial charge in [-0.05, 0) is 6.07 Å². The van der Waals surface area contributed by atoms with Crippen molar-refractivity contribution in [2.24, 2.45) is 0 Å². The molecule has 8 nitrogen and oxygen atoms in total. The van der Waals surface area contributed by atoms with Gasteiger partial charge in [-0.25, -0.2) is 0 Å². The van der Waals surface area contributed by atoms with E-state index < -0.39 is 42.2 Å². The summed E-state index contributed by atoms with van der Waals surface area (Å²) in [4.78, 5) is 10.2. The average molecular weight is 335 g/mol. The fourth-order valence-corrected chi connectivity index (χ4v) is 2.22. The van der Waals surface area contributed by atoms with E-state index in [0.717, 1.165) is 7.11 Å². The maximum absolute atomic E-state index is 14.0. The van der Waals surface area contributed by atoms with Crippen LogP contribution in [0.5, 0.6) is 0 Å². The van der Waals surface area contributed by atoms with Gasteiger partial charge in [-0.1, -0.05) is 12.1 Å². The third-order valence-corrected chi connectivity index (χ3v) is 3.55. The van der Waals surface area contributed by atoms with Gasteiger partial charge in [0.25, 0.3) is 5.69 Å². The number of halogens is 2. The average Bonchev–Trinajstić information content (AvgIpc) is 2.73. The van der Waals surface area contributed by atoms with E-state index in [4.69, 9.17) is 14.6 Å². The molecular weight excluding hydrogens is 320 g/mol. The summed E-state index contributed by atoms with van der Waals surface area (Å²) in [6.45, 7) is -1.57. The zero-order chi connectivity index (χ0) is 17.3. The molecule has 1 aromatic rings. The Balaban J connectivity index is 2.17. The van der Waals surface area contributed by atoms with Crippen molar-refractivity contribution in [2.45, 2.75) is 30.7 Å². The zero-order valence-electron chi connectivity index (χ0n) is 12.0. The number of hydrogen-bond acceptors (Lipinski definition) is 7. The largest absolute Gasteiger partial charge is 0.391 e. The van der Waals surface area contributed by atoms with E-state index in [-0.39, 0.29) is 11.3 Å². The predicted molar refractivity (Wildman–Crippen MR) is 70.5 cm³/mol. The molecule has 23 heavy (non-hydrogen) atoms. The Morgan fingerprint density at radius 1 is 1.43 bits per heavy atom. The Hall–Kier alpha value is -1.72. The lowest BCUT2D eigenvalue weighted by atomic mass is 10.1. The van der Waals surface area contributed by atoms with Gasteiger partial charge in [-0.2, -0.15) is 8.78 Å². The van der Waals surface area contributed by atoms with E-state index in [0.29, 0.717) is 0 Å². The third-order valence-electron chi connectivity index (χ3n) is 3.55. The molecule has 0 aliphatic carbocycles. The van der Waals surface area contributed by atoms with Gasteiger partial charge in [-0.3, -0.25) is 10.1 Å². The minimum Gasteiger partial charge on any atom is -0.391 e. The molecule has 1 heterocycles. The Kier molecular flexibility index (Phi) is 4.92. The smallest absolute Gasteiger partial charge is 0.328 e. The van der Waals surface area contributed by atoms with Gasteiger partial charge in [0.05, 0.1) is 17.1 Å². The molecule has 128 valence electrons. The van der Waals surface area contributed by atoms with E-state index in [2.05, 4.69) is 4.74 Å². The highest BCUT2D eigenvalue weighted by Gasteiger charge is 2.67. The molecule has 0 saturated carbocycles. The second-order valence-corrected chi connectivity index (χ2v) is 4.90. The Labute approximate surface area is 129 Å². The molecule has 2 N–H and O–H groups in total. The molecule has 0 radical (unpaired) electrons. The lowest BCUT2D eigenvalue weighted by Crippen LogP contribution is -2.50. The molecule has 2 rings (SSSR count). The van der Waals surface area contributed by atoms with Crippen LogP contribution in [0.4, 0.5) is 14.5 Å². The van der Waals surface area contributed by atoms with Crippen molar-refractivity contribution in [2.75, 3.05) is 13.7 Å². The Morgan fingerprint density at radius 3 is 2.61 bits per heavy atom. The minimum absolute atomic E-state index is 0.0605. The van der Waals surface area contributed by atoms with Crippen LogP contribution in [-0.4, -0.2) is 53.0 Å². The summed E-state index contributed by atoms with van der Waals surface area (Å²) in [6, 6.07) is 5.46. The van der Waals surface area contributed by atoms with Crippen LogP contribution in [0.15, 0.2) is 24.3 Å². The fraction of sp³-hybridized carbons (Fsp3) is 0.538. The number of methoxy groups -OCH3 is 1. The number of nitrogens with zero attached hydrogens (tertiary/aromatic N) is 1. The van der Waals surface area contributed by atoms with Crippen LogP contribution < -0.4 is 0 Å². The number of nitro groups is 1. The van der Waals surface area contributed by atoms with E-state index in [1.165, 1.54) is 24.3 Å². The van der Waals surface area contributed by atoms with Crippen LogP contribution in [0, 0.1) is 10.1 Å². The summed E-state index contributed by atoms with van der Waals surface area (Å²) in [6.07, 6.45) is -4.69. The molecule has 0 amide bonds. The van der Waals surface area contributed by atoms with E-state index in [1.807, 2.05) is 0 Å². The Morgan fingerprint density at radius 2 is 2.09 bits per heavy atom. The van der Waals surface area contributed by atoms with Crippen LogP contribution in [0.25, 0.3) is 0 Å². The van der Waals surface area contributed by atoms with Gasteiger partial charge in [0.15, 0.2) is 6.10 Å². The molecule has 1 saturated heterocycles. The van der Waals surface area contributed by atoms with Gasteiger partial charge >= 0.3 is 5.92 Å². The van der Waals surface area contributed by atoms with Crippen molar-refractivity contribution in [3.05, 3.63) is 39.9 Å². The molecule has 0 aromatic heterocycles. The van der Waals surface area contributed by atoms with Gasteiger partial charge in [-0.15, -0.1) is 0 Å². The summed E-state index contributed by atoms with van der Waals surface area (Å²) in [5.41, 5.74) is -0.236. The lowest BCUT2D eigenvalue weighted by molar-refractivity contribution is -0.386. The van der Waals surface area contributed by atoms with E-state index >= 15 is 0 Å². The fourth-order valence-electron chi connectivity index (χ4n) is 2.22. The van der Waals surface area contributed by atoms with Crippen LogP contribution in [-0.2, 0) is 20.8 Å². The monoisotopic (exact) mass is 335 g/mol. The number of aliphatic hydroxyl groups is 2. The van der Waals surface area contributed by atoms with Gasteiger partial charge in [0, 0.05) is 13.2 Å². The number of ether oxygens (including phenoxy) is 3. The molecule has 1 aliphatic rings. The second-order valence-electron chi connectivity index (χ2n) is 4.90. The molecular formula is C13H15F2NO7. The predicted octanol–water partition coefficient (Wildman–Crippen LogP) is 0.799. The summed E-state index contributed by atoms with van der Waals surface area (Å²) >= 11 is 0. The standard InChI is InChI=1S/C13H15F2NO7/c1-21-12(7-17)10(18)13(14,15)11(23-12)22-6-8-4-2-3-5-9(8)16(19)20/h2-5,10-11,17-18H,6-7H2,1H3/t10?,11-,12+/m1/s1. The van der Waals surface area contributed by atoms with Crippen LogP contribution in [0.3, 0.4) is 0 Å². The SMILES string of the molecule is CO[C@@]1(CO)O[C@@H](OCc2ccccc2[N+](=O)[O-])C(F)(F)C1O. The summed E-state index contributed by atoms with van der Waals surface area (Å²) in [7, 11) is 0.986. The highest BCUT2D eigenvalue weighted by Crippen LogP contribution is 2.43. The zero-order valence-corrected chi connectivity index (χ0v) is 12.0. The Bertz CT molecular complexity index is 579. The number of hydrogen-bond donors (Lipinski definition) is 2. The maximum atomic E-state index is 14.0. The first-order valence-corrected chi connectivity index (χ1v) is 6.52. The van der Waals surface area contributed by atoms with Crippen molar-refractivity contribution in [1.29, 1.82) is 0 Å². The van der Waals surface area contributed by atoms with Crippen molar-refractivity contribution < 1.29 is 38.1 Å². The number of benzene rings is 1. The molecule has 10 heteroatoms. The highest BCUT2D eigenvalue weighted by atomic mass is 19.3. The first-order valence-electron chi connectivity index (χ1n) is 6.52. The molecule has 0 bridgehead atoms. The van der Waals surface area contributed by atoms with Gasteiger partial charge in [0.1, 0.15) is 6.61 Å². The van der Waals surface area contributed by atoms with Crippen molar-refractivity contribution in [1.82, 2.24) is 0 Å². The van der Waals surface area contributed by atoms with Crippen molar-refractivity contribution >= 4 is 5.69 Å². The number of para-hydroxylation sites is 1. The van der Waals surface area contributed by atoms with Crippen LogP contribution in [0.1, 0.15) is 5.56 Å². The second kappa shape index (κ2) is 6.42. The minimum atomic E-state index is -3.87. The van der Waals surface area contributed by atoms with Crippen LogP contribution >= 0.6 is 0 Å². The maximum Gasteiger partial charge on any atom is 0.328 e. The number of nitro benzene ring substituents is 1. The quantitative estimate of drug-likeness (QED) is 0.584. The van der Waals surface area contributed by atoms with E-state index in [1.54, 1.807) is 0 Å². The van der Waals surface area contributed by atoms with Gasteiger partial charge in [0.2, 0.25) is 12.1 Å². The first-order chi connectivity index (χ1) is 10.8. The molecule has 0 spiro atoms. The van der Waals surface area contributed by atoms with Crippen molar-refractivity contribution in [3.8, 4) is 0 Å². The molecule has 3 atom stereocenters. The first kappa shape index (κ1) is 17.6. The number of aliphatic hydroxyl groups excluding tert-OH is 2. The number of rotatable bonds is 6. The van der Waals surface area contributed by atoms with Gasteiger partial charge < -0.3 is 24.4 Å². The normalized spacial score (nSPS) is 29.6. The topological polar surface area (TPSA) is 111 Å². The molecule has 1 aromatic carbocycles. The molecule has 1 aliphatic heterocycles. The highest BCUT2D eigenvalue weighted by molar-refractivity contribution is 5.39. The lowest BCUT2D eigenvalue weighted by Gasteiger charge is -2.27. The molecule has 1 unspecified atom stereocenters. The summed E-state index contributed by atoms with van der Waals surface area (Å²) in [5, 5.41) is 29.7. The van der Waals surface area contributed by atoms with Crippen LogP contribution in [0.2, 0.25) is 0 Å².